The number of fused-ring (bicyclic) bond motifs is 1. The molecule has 0 amide bonds. The summed E-state index contributed by atoms with van der Waals surface area (Å²) in [5, 5.41) is 7.50. The second-order valence-corrected chi connectivity index (χ2v) is 7.20. The molecule has 0 aromatic heterocycles. The fourth-order valence-corrected chi connectivity index (χ4v) is 3.39. The van der Waals surface area contributed by atoms with E-state index in [-0.39, 0.29) is 17.7 Å². The fourth-order valence-electron chi connectivity index (χ4n) is 2.98. The van der Waals surface area contributed by atoms with Gasteiger partial charge in [0.15, 0.2) is 0 Å². The monoisotopic (exact) mass is 466 g/mol. The number of alkyl halides is 6. The van der Waals surface area contributed by atoms with Gasteiger partial charge in [-0.2, -0.15) is 26.3 Å². The zero-order chi connectivity index (χ0) is 20.5. The Kier molecular flexibility index (Phi) is 5.69. The van der Waals surface area contributed by atoms with E-state index in [1.54, 1.807) is 0 Å². The Bertz CT molecular complexity index is 862. The lowest BCUT2D eigenvalue weighted by Crippen LogP contribution is -2.12. The summed E-state index contributed by atoms with van der Waals surface area (Å²) in [6, 6.07) is 6.73. The topological polar surface area (TPSA) is 34.0 Å². The largest absolute Gasteiger partial charge is 0.416 e. The summed E-state index contributed by atoms with van der Waals surface area (Å²) in [5.74, 6) is 0. The van der Waals surface area contributed by atoms with Gasteiger partial charge in [-0.1, -0.05) is 22.0 Å². The molecule has 0 N–H and O–H groups in total. The van der Waals surface area contributed by atoms with Crippen LogP contribution in [-0.2, 0) is 30.2 Å². The molecule has 1 aliphatic carbocycles. The third-order valence-corrected chi connectivity index (χ3v) is 4.77. The van der Waals surface area contributed by atoms with Crippen molar-refractivity contribution in [3.63, 3.8) is 0 Å². The molecular weight excluding hydrogens is 454 g/mol. The minimum Gasteiger partial charge on any atom is -0.375 e. The highest BCUT2D eigenvalue weighted by Crippen LogP contribution is 2.37. The van der Waals surface area contributed by atoms with Crippen LogP contribution in [0.1, 0.15) is 40.3 Å². The van der Waals surface area contributed by atoms with Crippen LogP contribution in [0.3, 0.4) is 0 Å². The first-order valence-corrected chi connectivity index (χ1v) is 8.92. The minimum absolute atomic E-state index is 0.0681. The summed E-state index contributed by atoms with van der Waals surface area (Å²) in [5.41, 5.74) is -1.02. The second kappa shape index (κ2) is 7.73. The Morgan fingerprint density at radius 1 is 0.964 bits per heavy atom. The maximum absolute atomic E-state index is 12.8. The number of benzene rings is 2. The van der Waals surface area contributed by atoms with Crippen LogP contribution in [0.5, 0.6) is 0 Å². The molecule has 0 bridgehead atoms. The normalized spacial score (nSPS) is 17.2. The van der Waals surface area contributed by atoms with Gasteiger partial charge in [-0.15, -0.1) is 5.11 Å². The van der Waals surface area contributed by atoms with Crippen molar-refractivity contribution in [3.8, 4) is 0 Å². The molecule has 0 heterocycles. The van der Waals surface area contributed by atoms with Gasteiger partial charge in [-0.3, -0.25) is 0 Å². The molecule has 0 spiro atoms. The molecule has 150 valence electrons. The first-order valence-electron chi connectivity index (χ1n) is 8.13. The molecule has 1 aliphatic rings. The highest BCUT2D eigenvalue weighted by atomic mass is 79.9. The van der Waals surface area contributed by atoms with Gasteiger partial charge in [0.05, 0.1) is 17.2 Å². The molecule has 0 radical (unpaired) electrons. The van der Waals surface area contributed by atoms with Gasteiger partial charge in [0, 0.05) is 9.75 Å². The van der Waals surface area contributed by atoms with E-state index < -0.39 is 30.1 Å². The van der Waals surface area contributed by atoms with E-state index in [0.29, 0.717) is 18.6 Å². The molecule has 10 heteroatoms. The Morgan fingerprint density at radius 2 is 1.61 bits per heavy atom. The van der Waals surface area contributed by atoms with E-state index in [1.807, 2.05) is 18.2 Å². The third-order valence-electron chi connectivity index (χ3n) is 4.27. The number of rotatable bonds is 4. The van der Waals surface area contributed by atoms with E-state index in [9.17, 15) is 26.3 Å². The summed E-state index contributed by atoms with van der Waals surface area (Å²) < 4.78 is 78.0. The van der Waals surface area contributed by atoms with Crippen molar-refractivity contribution in [1.29, 1.82) is 0 Å². The van der Waals surface area contributed by atoms with Gasteiger partial charge >= 0.3 is 12.4 Å². The molecule has 0 fully saturated rings. The van der Waals surface area contributed by atoms with Crippen molar-refractivity contribution < 1.29 is 31.2 Å². The van der Waals surface area contributed by atoms with Gasteiger partial charge in [0.1, 0.15) is 6.61 Å². The Morgan fingerprint density at radius 3 is 2.21 bits per heavy atom. The smallest absolute Gasteiger partial charge is 0.375 e. The molecule has 28 heavy (non-hydrogen) atoms. The van der Waals surface area contributed by atoms with Crippen LogP contribution in [0.4, 0.5) is 26.3 Å². The first kappa shape index (κ1) is 20.6. The molecule has 3 nitrogen and oxygen atoms in total. The minimum atomic E-state index is -4.90. The zero-order valence-electron chi connectivity index (χ0n) is 14.1. The van der Waals surface area contributed by atoms with Gasteiger partial charge in [0.25, 0.3) is 0 Å². The van der Waals surface area contributed by atoms with Gasteiger partial charge in [-0.05, 0) is 59.9 Å². The standard InChI is InChI=1S/C18H13BrF6N2O/c19-14-2-3-15-11(7-14)1-4-16(15)26-27-28-9-10-5-12(17(20,21)22)8-13(6-10)18(23,24)25/h2-3,5-8,16H,1,4,9H2/b27-26-. The summed E-state index contributed by atoms with van der Waals surface area (Å²) in [4.78, 5) is 4.87. The van der Waals surface area contributed by atoms with Crippen molar-refractivity contribution in [2.75, 3.05) is 0 Å². The summed E-state index contributed by atoms with van der Waals surface area (Å²) in [6.45, 7) is -0.559. The van der Waals surface area contributed by atoms with Crippen LogP contribution in [0.15, 0.2) is 51.3 Å². The van der Waals surface area contributed by atoms with E-state index in [4.69, 9.17) is 4.84 Å². The van der Waals surface area contributed by atoms with Crippen molar-refractivity contribution in [2.45, 2.75) is 37.8 Å². The molecule has 1 atom stereocenters. The SMILES string of the molecule is FC(F)(F)c1cc(CO/N=N\C2CCc3cc(Br)ccc32)cc(C(F)(F)F)c1. The lowest BCUT2D eigenvalue weighted by atomic mass is 10.1. The molecule has 2 aromatic rings. The number of hydrogen-bond acceptors (Lipinski definition) is 3. The van der Waals surface area contributed by atoms with E-state index in [2.05, 4.69) is 26.3 Å². The lowest BCUT2D eigenvalue weighted by Gasteiger charge is -2.13. The van der Waals surface area contributed by atoms with E-state index in [0.717, 1.165) is 22.0 Å². The fraction of sp³-hybridized carbons (Fsp3) is 0.333. The van der Waals surface area contributed by atoms with Crippen LogP contribution in [0.25, 0.3) is 0 Å². The molecule has 0 saturated heterocycles. The number of hydrogen-bond donors (Lipinski definition) is 0. The second-order valence-electron chi connectivity index (χ2n) is 6.28. The quantitative estimate of drug-likeness (QED) is 0.269. The molecule has 0 saturated carbocycles. The highest BCUT2D eigenvalue weighted by Gasteiger charge is 2.36. The number of nitrogens with zero attached hydrogens (tertiary/aromatic N) is 2. The van der Waals surface area contributed by atoms with Crippen LogP contribution in [-0.4, -0.2) is 0 Å². The molecule has 1 unspecified atom stereocenters. The highest BCUT2D eigenvalue weighted by molar-refractivity contribution is 9.10. The lowest BCUT2D eigenvalue weighted by molar-refractivity contribution is -0.143. The van der Waals surface area contributed by atoms with Crippen molar-refractivity contribution in [1.82, 2.24) is 0 Å². The van der Waals surface area contributed by atoms with Crippen LogP contribution >= 0.6 is 15.9 Å². The summed E-state index contributed by atoms with van der Waals surface area (Å²) in [6.07, 6.45) is -8.32. The van der Waals surface area contributed by atoms with E-state index in [1.165, 1.54) is 0 Å². The third kappa shape index (κ3) is 4.84. The Hall–Kier alpha value is -2.10. The predicted molar refractivity (Wildman–Crippen MR) is 91.3 cm³/mol. The van der Waals surface area contributed by atoms with Crippen LogP contribution in [0, 0.1) is 0 Å². The predicted octanol–water partition coefficient (Wildman–Crippen LogP) is 7.06. The Labute approximate surface area is 164 Å². The average molecular weight is 467 g/mol. The van der Waals surface area contributed by atoms with Crippen LogP contribution in [0.2, 0.25) is 0 Å². The Balaban J connectivity index is 1.71. The summed E-state index contributed by atoms with van der Waals surface area (Å²) in [7, 11) is 0. The molecular formula is C18H13BrF6N2O. The summed E-state index contributed by atoms with van der Waals surface area (Å²) >= 11 is 3.38. The average Bonchev–Trinajstić information content (AvgIpc) is 2.99. The van der Waals surface area contributed by atoms with Crippen molar-refractivity contribution in [3.05, 3.63) is 68.7 Å². The first-order chi connectivity index (χ1) is 13.0. The van der Waals surface area contributed by atoms with Crippen LogP contribution < -0.4 is 0 Å². The van der Waals surface area contributed by atoms with Gasteiger partial charge in [0.2, 0.25) is 0 Å². The number of halogens is 7. The van der Waals surface area contributed by atoms with Gasteiger partial charge < -0.3 is 4.84 Å². The molecule has 2 aromatic carbocycles. The maximum atomic E-state index is 12.8. The van der Waals surface area contributed by atoms with Crippen molar-refractivity contribution in [2.24, 2.45) is 10.4 Å². The molecule has 0 aliphatic heterocycles. The molecule has 3 rings (SSSR count). The number of aryl methyl sites for hydroxylation is 1. The van der Waals surface area contributed by atoms with Crippen molar-refractivity contribution >= 4 is 15.9 Å². The zero-order valence-corrected chi connectivity index (χ0v) is 15.7. The maximum Gasteiger partial charge on any atom is 0.416 e. The van der Waals surface area contributed by atoms with E-state index >= 15 is 0 Å². The van der Waals surface area contributed by atoms with Gasteiger partial charge in [-0.25, -0.2) is 0 Å².